The van der Waals surface area contributed by atoms with Gasteiger partial charge in [0.25, 0.3) is 0 Å². The highest BCUT2D eigenvalue weighted by atomic mass is 15.1. The third kappa shape index (κ3) is 3.54. The Kier molecular flexibility index (Phi) is 6.17. The molecule has 3 rings (SSSR count). The van der Waals surface area contributed by atoms with Crippen molar-refractivity contribution in [1.82, 2.24) is 4.90 Å². The SMILES string of the molecule is C.C.CN(C)C1Cc2ccccc2C(c2ccccc2)C1. The van der Waals surface area contributed by atoms with E-state index < -0.39 is 0 Å². The summed E-state index contributed by atoms with van der Waals surface area (Å²) < 4.78 is 0. The van der Waals surface area contributed by atoms with E-state index in [0.717, 1.165) is 0 Å². The van der Waals surface area contributed by atoms with Crippen molar-refractivity contribution in [1.29, 1.82) is 0 Å². The van der Waals surface area contributed by atoms with Crippen LogP contribution in [0, 0.1) is 0 Å². The van der Waals surface area contributed by atoms with Gasteiger partial charge in [-0.2, -0.15) is 0 Å². The van der Waals surface area contributed by atoms with Gasteiger partial charge in [-0.25, -0.2) is 0 Å². The van der Waals surface area contributed by atoms with Gasteiger partial charge in [0.15, 0.2) is 0 Å². The van der Waals surface area contributed by atoms with E-state index in [4.69, 9.17) is 0 Å². The highest BCUT2D eigenvalue weighted by molar-refractivity contribution is 5.40. The first-order valence-corrected chi connectivity index (χ1v) is 7.05. The summed E-state index contributed by atoms with van der Waals surface area (Å²) in [5.41, 5.74) is 4.48. The van der Waals surface area contributed by atoms with Crippen LogP contribution in [0.15, 0.2) is 54.6 Å². The quantitative estimate of drug-likeness (QED) is 0.752. The molecule has 0 aliphatic heterocycles. The Balaban J connectivity index is 0.00000110. The first-order chi connectivity index (χ1) is 9.25. The molecule has 0 heterocycles. The maximum absolute atomic E-state index is 2.37. The lowest BCUT2D eigenvalue weighted by atomic mass is 9.76. The summed E-state index contributed by atoms with van der Waals surface area (Å²) in [4.78, 5) is 2.37. The Morgan fingerprint density at radius 2 is 1.48 bits per heavy atom. The highest BCUT2D eigenvalue weighted by Gasteiger charge is 2.28. The van der Waals surface area contributed by atoms with E-state index in [2.05, 4.69) is 73.6 Å². The minimum absolute atomic E-state index is 0. The van der Waals surface area contributed by atoms with Gasteiger partial charge in [-0.1, -0.05) is 69.5 Å². The summed E-state index contributed by atoms with van der Waals surface area (Å²) in [7, 11) is 4.39. The molecule has 2 unspecified atom stereocenters. The number of likely N-dealkylation sites (N-methyl/N-ethyl adjacent to an activating group) is 1. The molecular weight excluding hydrogens is 254 g/mol. The first-order valence-electron chi connectivity index (χ1n) is 7.05. The Hall–Kier alpha value is -1.60. The maximum atomic E-state index is 2.37. The van der Waals surface area contributed by atoms with Gasteiger partial charge in [-0.05, 0) is 43.6 Å². The summed E-state index contributed by atoms with van der Waals surface area (Å²) in [6.45, 7) is 0. The maximum Gasteiger partial charge on any atom is 0.0139 e. The van der Waals surface area contributed by atoms with Crippen LogP contribution < -0.4 is 0 Å². The van der Waals surface area contributed by atoms with Crippen molar-refractivity contribution < 1.29 is 0 Å². The summed E-state index contributed by atoms with van der Waals surface area (Å²) in [6.07, 6.45) is 2.39. The molecule has 2 atom stereocenters. The smallest absolute Gasteiger partial charge is 0.0139 e. The summed E-state index contributed by atoms with van der Waals surface area (Å²) in [6, 6.07) is 20.5. The zero-order chi connectivity index (χ0) is 13.2. The van der Waals surface area contributed by atoms with E-state index in [9.17, 15) is 0 Å². The monoisotopic (exact) mass is 283 g/mol. The van der Waals surface area contributed by atoms with Gasteiger partial charge in [-0.3, -0.25) is 0 Å². The lowest BCUT2D eigenvalue weighted by Gasteiger charge is -2.35. The second kappa shape index (κ2) is 7.42. The molecule has 0 saturated heterocycles. The van der Waals surface area contributed by atoms with Crippen molar-refractivity contribution in [2.75, 3.05) is 14.1 Å². The van der Waals surface area contributed by atoms with Gasteiger partial charge in [0, 0.05) is 12.0 Å². The zero-order valence-corrected chi connectivity index (χ0v) is 11.7. The second-order valence-electron chi connectivity index (χ2n) is 5.72. The number of fused-ring (bicyclic) bond motifs is 1. The molecule has 0 N–H and O–H groups in total. The van der Waals surface area contributed by atoms with Crippen LogP contribution in [-0.2, 0) is 6.42 Å². The van der Waals surface area contributed by atoms with Gasteiger partial charge < -0.3 is 4.90 Å². The number of benzene rings is 2. The number of hydrogen-bond acceptors (Lipinski definition) is 1. The fourth-order valence-corrected chi connectivity index (χ4v) is 3.19. The average Bonchev–Trinajstić information content (AvgIpc) is 2.47. The van der Waals surface area contributed by atoms with Crippen LogP contribution in [0.25, 0.3) is 0 Å². The lowest BCUT2D eigenvalue weighted by Crippen LogP contribution is -2.35. The van der Waals surface area contributed by atoms with Gasteiger partial charge in [0.1, 0.15) is 0 Å². The zero-order valence-electron chi connectivity index (χ0n) is 11.7. The van der Waals surface area contributed by atoms with Crippen LogP contribution in [0.5, 0.6) is 0 Å². The van der Waals surface area contributed by atoms with Crippen LogP contribution in [0.3, 0.4) is 0 Å². The van der Waals surface area contributed by atoms with Crippen LogP contribution in [0.4, 0.5) is 0 Å². The van der Waals surface area contributed by atoms with E-state index in [-0.39, 0.29) is 14.9 Å². The molecule has 0 fully saturated rings. The van der Waals surface area contributed by atoms with Gasteiger partial charge >= 0.3 is 0 Å². The first kappa shape index (κ1) is 17.5. The van der Waals surface area contributed by atoms with E-state index in [0.29, 0.717) is 12.0 Å². The van der Waals surface area contributed by atoms with E-state index in [1.165, 1.54) is 29.5 Å². The van der Waals surface area contributed by atoms with Crippen molar-refractivity contribution in [3.63, 3.8) is 0 Å². The molecule has 1 aliphatic rings. The van der Waals surface area contributed by atoms with Crippen LogP contribution >= 0.6 is 0 Å². The van der Waals surface area contributed by atoms with E-state index in [1.807, 2.05) is 0 Å². The Morgan fingerprint density at radius 1 is 0.857 bits per heavy atom. The molecule has 0 saturated carbocycles. The molecule has 1 nitrogen and oxygen atoms in total. The summed E-state index contributed by atoms with van der Waals surface area (Å²) in [5, 5.41) is 0. The van der Waals surface area contributed by atoms with Crippen molar-refractivity contribution in [2.24, 2.45) is 0 Å². The molecule has 1 aliphatic carbocycles. The molecule has 0 aromatic heterocycles. The largest absolute Gasteiger partial charge is 0.306 e. The van der Waals surface area contributed by atoms with Crippen LogP contribution in [0.2, 0.25) is 0 Å². The normalized spacial score (nSPS) is 20.1. The molecule has 0 spiro atoms. The van der Waals surface area contributed by atoms with E-state index >= 15 is 0 Å². The third-order valence-corrected chi connectivity index (χ3v) is 4.33. The molecular formula is C20H29N. The Bertz CT molecular complexity index is 545. The van der Waals surface area contributed by atoms with E-state index in [1.54, 1.807) is 0 Å². The minimum atomic E-state index is 0. The predicted octanol–water partition coefficient (Wildman–Crippen LogP) is 4.97. The molecule has 114 valence electrons. The fraction of sp³-hybridized carbons (Fsp3) is 0.400. The van der Waals surface area contributed by atoms with Crippen LogP contribution in [0.1, 0.15) is 43.9 Å². The van der Waals surface area contributed by atoms with Crippen molar-refractivity contribution >= 4 is 0 Å². The van der Waals surface area contributed by atoms with Gasteiger partial charge in [0.2, 0.25) is 0 Å². The van der Waals surface area contributed by atoms with Gasteiger partial charge in [0.05, 0.1) is 0 Å². The van der Waals surface area contributed by atoms with Crippen molar-refractivity contribution in [2.45, 2.75) is 39.7 Å². The Morgan fingerprint density at radius 3 is 2.14 bits per heavy atom. The molecule has 2 aromatic rings. The Labute approximate surface area is 130 Å². The molecule has 2 aromatic carbocycles. The van der Waals surface area contributed by atoms with Crippen molar-refractivity contribution in [3.8, 4) is 0 Å². The molecule has 0 bridgehead atoms. The van der Waals surface area contributed by atoms with Gasteiger partial charge in [-0.15, -0.1) is 0 Å². The lowest BCUT2D eigenvalue weighted by molar-refractivity contribution is 0.258. The summed E-state index contributed by atoms with van der Waals surface area (Å²) >= 11 is 0. The van der Waals surface area contributed by atoms with Crippen LogP contribution in [-0.4, -0.2) is 25.0 Å². The molecule has 21 heavy (non-hydrogen) atoms. The summed E-state index contributed by atoms with van der Waals surface area (Å²) in [5.74, 6) is 0.540. The number of rotatable bonds is 2. The molecule has 0 radical (unpaired) electrons. The minimum Gasteiger partial charge on any atom is -0.306 e. The predicted molar refractivity (Wildman–Crippen MR) is 94.0 cm³/mol. The number of nitrogens with zero attached hydrogens (tertiary/aromatic N) is 1. The topological polar surface area (TPSA) is 3.24 Å². The highest BCUT2D eigenvalue weighted by Crippen LogP contribution is 2.37. The second-order valence-corrected chi connectivity index (χ2v) is 5.72. The van der Waals surface area contributed by atoms with Crippen molar-refractivity contribution in [3.05, 3.63) is 71.3 Å². The standard InChI is InChI=1S/C18H21N.2CH4/c1-19(2)16-12-15-10-6-7-11-17(15)18(13-16)14-8-4-3-5-9-14;;/h3-11,16,18H,12-13H2,1-2H3;2*1H4. The molecule has 0 amide bonds. The fourth-order valence-electron chi connectivity index (χ4n) is 3.19. The average molecular weight is 283 g/mol. The third-order valence-electron chi connectivity index (χ3n) is 4.33. The molecule has 1 heteroatoms. The number of hydrogen-bond donors (Lipinski definition) is 0.